The Hall–Kier alpha value is -1.36. The molecule has 2 fully saturated rings. The molecule has 0 radical (unpaired) electrons. The molecule has 0 saturated carbocycles. The molecular formula is C16H27N5. The molecule has 1 aromatic rings. The molecule has 5 heteroatoms. The minimum absolute atomic E-state index is 0.657. The number of hydrogen-bond acceptors (Lipinski definition) is 5. The predicted molar refractivity (Wildman–Crippen MR) is 86.4 cm³/mol. The van der Waals surface area contributed by atoms with Gasteiger partial charge in [-0.15, -0.1) is 0 Å². The number of fused-ring (bicyclic) bond motifs is 1. The highest BCUT2D eigenvalue weighted by Gasteiger charge is 2.35. The molecule has 3 heterocycles. The molecule has 0 aromatic carbocycles. The molecule has 3 rings (SSSR count). The molecule has 0 aliphatic carbocycles. The van der Waals surface area contributed by atoms with Gasteiger partial charge >= 0.3 is 0 Å². The largest absolute Gasteiger partial charge is 0.383 e. The van der Waals surface area contributed by atoms with Gasteiger partial charge in [0.15, 0.2) is 0 Å². The summed E-state index contributed by atoms with van der Waals surface area (Å²) in [7, 11) is 2.28. The Morgan fingerprint density at radius 2 is 2.14 bits per heavy atom. The van der Waals surface area contributed by atoms with E-state index in [-0.39, 0.29) is 0 Å². The van der Waals surface area contributed by atoms with E-state index in [0.29, 0.717) is 5.82 Å². The fourth-order valence-electron chi connectivity index (χ4n) is 4.02. The van der Waals surface area contributed by atoms with Crippen molar-refractivity contribution in [1.29, 1.82) is 0 Å². The fourth-order valence-corrected chi connectivity index (χ4v) is 4.02. The number of rotatable bonds is 3. The van der Waals surface area contributed by atoms with Gasteiger partial charge in [-0.1, -0.05) is 13.3 Å². The molecule has 116 valence electrons. The molecule has 0 amide bonds. The highest BCUT2D eigenvalue weighted by molar-refractivity contribution is 5.57. The average molecular weight is 289 g/mol. The quantitative estimate of drug-likeness (QED) is 0.921. The first-order valence-electron chi connectivity index (χ1n) is 8.25. The molecule has 2 N–H and O–H groups in total. The number of anilines is 2. The lowest BCUT2D eigenvalue weighted by Gasteiger charge is -2.46. The third kappa shape index (κ3) is 2.84. The molecule has 5 nitrogen and oxygen atoms in total. The molecule has 2 unspecified atom stereocenters. The molecule has 0 bridgehead atoms. The Balaban J connectivity index is 1.81. The minimum Gasteiger partial charge on any atom is -0.383 e. The lowest BCUT2D eigenvalue weighted by Crippen LogP contribution is -2.53. The van der Waals surface area contributed by atoms with Crippen molar-refractivity contribution >= 4 is 11.6 Å². The summed E-state index contributed by atoms with van der Waals surface area (Å²) in [6, 6.07) is 0.754. The average Bonchev–Trinajstić information content (AvgIpc) is 2.49. The Kier molecular flexibility index (Phi) is 4.29. The highest BCUT2D eigenvalue weighted by atomic mass is 15.2. The van der Waals surface area contributed by atoms with E-state index in [1.165, 1.54) is 25.8 Å². The third-order valence-electron chi connectivity index (χ3n) is 5.10. The predicted octanol–water partition coefficient (Wildman–Crippen LogP) is 1.93. The van der Waals surface area contributed by atoms with Gasteiger partial charge < -0.3 is 15.5 Å². The van der Waals surface area contributed by atoms with Crippen molar-refractivity contribution in [2.75, 3.05) is 37.3 Å². The minimum atomic E-state index is 0.657. The van der Waals surface area contributed by atoms with Crippen LogP contribution in [0.3, 0.4) is 0 Å². The van der Waals surface area contributed by atoms with Crippen LogP contribution in [-0.2, 0) is 6.42 Å². The zero-order valence-corrected chi connectivity index (χ0v) is 13.3. The van der Waals surface area contributed by atoms with Crippen LogP contribution in [0.5, 0.6) is 0 Å². The van der Waals surface area contributed by atoms with Crippen molar-refractivity contribution in [3.8, 4) is 0 Å². The molecule has 21 heavy (non-hydrogen) atoms. The third-order valence-corrected chi connectivity index (χ3v) is 5.10. The summed E-state index contributed by atoms with van der Waals surface area (Å²) in [5.74, 6) is 2.50. The van der Waals surface area contributed by atoms with E-state index < -0.39 is 0 Å². The van der Waals surface area contributed by atoms with E-state index in [4.69, 9.17) is 5.73 Å². The second-order valence-electron chi connectivity index (χ2n) is 6.50. The molecule has 0 spiro atoms. The van der Waals surface area contributed by atoms with Crippen molar-refractivity contribution in [1.82, 2.24) is 14.9 Å². The van der Waals surface area contributed by atoms with E-state index in [9.17, 15) is 0 Å². The Morgan fingerprint density at radius 1 is 1.29 bits per heavy atom. The van der Waals surface area contributed by atoms with Crippen LogP contribution in [0.25, 0.3) is 0 Å². The molecule has 2 aliphatic heterocycles. The first kappa shape index (κ1) is 14.6. The summed E-state index contributed by atoms with van der Waals surface area (Å²) in [5.41, 5.74) is 7.22. The summed E-state index contributed by atoms with van der Waals surface area (Å²) in [4.78, 5) is 13.7. The van der Waals surface area contributed by atoms with Gasteiger partial charge in [-0.05, 0) is 45.2 Å². The zero-order chi connectivity index (χ0) is 14.8. The molecular weight excluding hydrogens is 262 g/mol. The van der Waals surface area contributed by atoms with Crippen LogP contribution in [-0.4, -0.2) is 47.6 Å². The van der Waals surface area contributed by atoms with E-state index >= 15 is 0 Å². The first-order chi connectivity index (χ1) is 10.2. The maximum Gasteiger partial charge on any atom is 0.137 e. The summed E-state index contributed by atoms with van der Waals surface area (Å²) >= 11 is 0. The summed E-state index contributed by atoms with van der Waals surface area (Å²) in [6.45, 7) is 5.63. The fraction of sp³-hybridized carbons (Fsp3) is 0.750. The Morgan fingerprint density at radius 3 is 2.95 bits per heavy atom. The van der Waals surface area contributed by atoms with Crippen LogP contribution in [0.2, 0.25) is 0 Å². The maximum absolute atomic E-state index is 6.08. The van der Waals surface area contributed by atoms with Crippen molar-refractivity contribution in [3.05, 3.63) is 11.9 Å². The molecule has 2 atom stereocenters. The van der Waals surface area contributed by atoms with Crippen LogP contribution in [0.4, 0.5) is 11.6 Å². The van der Waals surface area contributed by atoms with Crippen LogP contribution in [0.1, 0.15) is 38.2 Å². The van der Waals surface area contributed by atoms with Crippen LogP contribution in [0.15, 0.2) is 6.33 Å². The van der Waals surface area contributed by atoms with E-state index in [1.807, 2.05) is 0 Å². The van der Waals surface area contributed by atoms with Crippen molar-refractivity contribution in [2.45, 2.75) is 45.1 Å². The smallest absolute Gasteiger partial charge is 0.137 e. The van der Waals surface area contributed by atoms with Gasteiger partial charge in [0.2, 0.25) is 0 Å². The molecule has 2 saturated heterocycles. The lowest BCUT2D eigenvalue weighted by atomic mass is 9.84. The monoisotopic (exact) mass is 289 g/mol. The summed E-state index contributed by atoms with van der Waals surface area (Å²) < 4.78 is 0. The number of nitrogens with two attached hydrogens (primary N) is 1. The van der Waals surface area contributed by atoms with Crippen LogP contribution >= 0.6 is 0 Å². The number of likely N-dealkylation sites (tertiary alicyclic amines) is 1. The van der Waals surface area contributed by atoms with Gasteiger partial charge in [-0.3, -0.25) is 0 Å². The van der Waals surface area contributed by atoms with Crippen LogP contribution < -0.4 is 10.6 Å². The first-order valence-corrected chi connectivity index (χ1v) is 8.25. The van der Waals surface area contributed by atoms with Crippen molar-refractivity contribution in [2.24, 2.45) is 5.92 Å². The van der Waals surface area contributed by atoms with Gasteiger partial charge in [0.25, 0.3) is 0 Å². The SMILES string of the molecule is CCCc1c(N)ncnc1N1CCC2C(CCCN2C)C1. The Bertz CT molecular complexity index is 490. The normalized spacial score (nSPS) is 26.7. The lowest BCUT2D eigenvalue weighted by molar-refractivity contribution is 0.102. The number of aromatic nitrogens is 2. The topological polar surface area (TPSA) is 58.3 Å². The summed E-state index contributed by atoms with van der Waals surface area (Å²) in [5, 5.41) is 0. The van der Waals surface area contributed by atoms with E-state index in [2.05, 4.69) is 33.7 Å². The second kappa shape index (κ2) is 6.18. The number of hydrogen-bond donors (Lipinski definition) is 1. The zero-order valence-electron chi connectivity index (χ0n) is 13.3. The standard InChI is InChI=1S/C16H27N5/c1-3-5-13-15(17)18-11-19-16(13)21-9-7-14-12(10-21)6-4-8-20(14)2/h11-12,14H,3-10H2,1-2H3,(H2,17,18,19). The van der Waals surface area contributed by atoms with Crippen molar-refractivity contribution < 1.29 is 0 Å². The van der Waals surface area contributed by atoms with Gasteiger partial charge in [0.05, 0.1) is 0 Å². The van der Waals surface area contributed by atoms with Gasteiger partial charge in [-0.25, -0.2) is 9.97 Å². The van der Waals surface area contributed by atoms with Gasteiger partial charge in [0, 0.05) is 24.7 Å². The Labute approximate surface area is 127 Å². The summed E-state index contributed by atoms with van der Waals surface area (Å²) in [6.07, 6.45) is 7.55. The number of nitrogen functional groups attached to an aromatic ring is 1. The van der Waals surface area contributed by atoms with E-state index in [1.54, 1.807) is 6.33 Å². The van der Waals surface area contributed by atoms with Crippen molar-refractivity contribution in [3.63, 3.8) is 0 Å². The maximum atomic E-state index is 6.08. The number of nitrogens with zero attached hydrogens (tertiary/aromatic N) is 4. The number of piperidine rings is 2. The molecule has 1 aromatic heterocycles. The van der Waals surface area contributed by atoms with Gasteiger partial charge in [0.1, 0.15) is 18.0 Å². The van der Waals surface area contributed by atoms with Gasteiger partial charge in [-0.2, -0.15) is 0 Å². The second-order valence-corrected chi connectivity index (χ2v) is 6.50. The van der Waals surface area contributed by atoms with E-state index in [0.717, 1.165) is 49.3 Å². The highest BCUT2D eigenvalue weighted by Crippen LogP contribution is 2.33. The molecule has 2 aliphatic rings. The van der Waals surface area contributed by atoms with Crippen LogP contribution in [0, 0.1) is 5.92 Å².